The average molecular weight is 306 g/mol. The fraction of sp³-hybridized carbons (Fsp3) is 0.462. The predicted molar refractivity (Wildman–Crippen MR) is 67.1 cm³/mol. The minimum atomic E-state index is -4.78. The van der Waals surface area contributed by atoms with Crippen LogP contribution in [0, 0.1) is 5.82 Å². The van der Waals surface area contributed by atoms with Gasteiger partial charge in [-0.1, -0.05) is 0 Å². The summed E-state index contributed by atoms with van der Waals surface area (Å²) >= 11 is 0. The maximum absolute atomic E-state index is 13.4. The number of carbonyl (C=O) groups is 1. The number of hydrogen-bond acceptors (Lipinski definition) is 3. The molecular weight excluding hydrogens is 292 g/mol. The Hall–Kier alpha value is -1.67. The van der Waals surface area contributed by atoms with Crippen molar-refractivity contribution in [3.8, 4) is 0 Å². The first kappa shape index (κ1) is 15.7. The fourth-order valence-corrected chi connectivity index (χ4v) is 2.33. The number of alkyl halides is 3. The van der Waals surface area contributed by atoms with E-state index in [2.05, 4.69) is 5.32 Å². The zero-order chi connectivity index (χ0) is 15.8. The third-order valence-electron chi connectivity index (χ3n) is 3.37. The van der Waals surface area contributed by atoms with Gasteiger partial charge in [0.05, 0.1) is 17.7 Å². The topological polar surface area (TPSA) is 52.6 Å². The number of likely N-dealkylation sites (tertiary alicyclic amines) is 1. The SMILES string of the molecule is CN1CC(O)CC1C(=O)Nc1ccc(C(F)(F)F)c(F)c1. The molecule has 21 heavy (non-hydrogen) atoms. The number of hydrogen-bond donors (Lipinski definition) is 2. The lowest BCUT2D eigenvalue weighted by Gasteiger charge is -2.18. The molecule has 2 N–H and O–H groups in total. The third kappa shape index (κ3) is 3.51. The van der Waals surface area contributed by atoms with Gasteiger partial charge < -0.3 is 10.4 Å². The van der Waals surface area contributed by atoms with Crippen LogP contribution in [-0.4, -0.2) is 41.7 Å². The Morgan fingerprint density at radius 3 is 2.57 bits per heavy atom. The molecule has 0 saturated carbocycles. The number of nitrogens with one attached hydrogen (secondary N) is 1. The zero-order valence-electron chi connectivity index (χ0n) is 11.1. The molecule has 1 saturated heterocycles. The van der Waals surface area contributed by atoms with Gasteiger partial charge in [-0.25, -0.2) is 4.39 Å². The lowest BCUT2D eigenvalue weighted by Crippen LogP contribution is -2.37. The van der Waals surface area contributed by atoms with Gasteiger partial charge in [0.1, 0.15) is 5.82 Å². The average Bonchev–Trinajstić information content (AvgIpc) is 2.67. The van der Waals surface area contributed by atoms with Gasteiger partial charge in [0, 0.05) is 12.2 Å². The van der Waals surface area contributed by atoms with Crippen molar-refractivity contribution in [3.05, 3.63) is 29.6 Å². The molecule has 0 aromatic heterocycles. The summed E-state index contributed by atoms with van der Waals surface area (Å²) in [6.07, 6.45) is -5.18. The first-order chi connectivity index (χ1) is 9.68. The number of benzene rings is 1. The van der Waals surface area contributed by atoms with E-state index in [4.69, 9.17) is 0 Å². The van der Waals surface area contributed by atoms with Crippen LogP contribution < -0.4 is 5.32 Å². The van der Waals surface area contributed by atoms with Crippen molar-refractivity contribution in [1.29, 1.82) is 0 Å². The highest BCUT2D eigenvalue weighted by Crippen LogP contribution is 2.32. The van der Waals surface area contributed by atoms with Crippen LogP contribution >= 0.6 is 0 Å². The van der Waals surface area contributed by atoms with E-state index in [1.54, 1.807) is 11.9 Å². The number of amides is 1. The molecular formula is C13H14F4N2O2. The number of β-amino-alcohol motifs (C(OH)–C–C–N with tert-alkyl or cyclic N) is 1. The van der Waals surface area contributed by atoms with E-state index >= 15 is 0 Å². The number of anilines is 1. The number of aliphatic hydroxyl groups excluding tert-OH is 1. The van der Waals surface area contributed by atoms with Crippen LogP contribution in [0.15, 0.2) is 18.2 Å². The quantitative estimate of drug-likeness (QED) is 0.820. The molecule has 1 aliphatic heterocycles. The van der Waals surface area contributed by atoms with Gasteiger partial charge in [0.2, 0.25) is 5.91 Å². The Bertz CT molecular complexity index is 547. The van der Waals surface area contributed by atoms with E-state index in [0.717, 1.165) is 6.07 Å². The van der Waals surface area contributed by atoms with Crippen molar-refractivity contribution in [1.82, 2.24) is 4.90 Å². The Kier molecular flexibility index (Phi) is 4.20. The molecule has 0 bridgehead atoms. The molecule has 0 aliphatic carbocycles. The van der Waals surface area contributed by atoms with Crippen LogP contribution in [-0.2, 0) is 11.0 Å². The van der Waals surface area contributed by atoms with Crippen molar-refractivity contribution >= 4 is 11.6 Å². The van der Waals surface area contributed by atoms with E-state index in [-0.39, 0.29) is 12.1 Å². The summed E-state index contributed by atoms with van der Waals surface area (Å²) < 4.78 is 50.7. The van der Waals surface area contributed by atoms with Gasteiger partial charge in [-0.3, -0.25) is 9.69 Å². The van der Waals surface area contributed by atoms with Crippen molar-refractivity contribution in [3.63, 3.8) is 0 Å². The lowest BCUT2D eigenvalue weighted by molar-refractivity contribution is -0.139. The van der Waals surface area contributed by atoms with Gasteiger partial charge in [-0.2, -0.15) is 13.2 Å². The van der Waals surface area contributed by atoms with Crippen LogP contribution in [0.3, 0.4) is 0 Å². The standard InChI is InChI=1S/C13H14F4N2O2/c1-19-6-8(20)5-11(19)12(21)18-7-2-3-9(10(14)4-7)13(15,16)17/h2-4,8,11,20H,5-6H2,1H3,(H,18,21). The number of rotatable bonds is 2. The second-order valence-electron chi connectivity index (χ2n) is 5.03. The molecule has 1 fully saturated rings. The molecule has 2 atom stereocenters. The zero-order valence-corrected chi connectivity index (χ0v) is 11.1. The summed E-state index contributed by atoms with van der Waals surface area (Å²) in [5.74, 6) is -1.94. The normalized spacial score (nSPS) is 23.3. The Morgan fingerprint density at radius 1 is 1.43 bits per heavy atom. The van der Waals surface area contributed by atoms with Crippen LogP contribution in [0.1, 0.15) is 12.0 Å². The molecule has 2 rings (SSSR count). The van der Waals surface area contributed by atoms with Crippen molar-refractivity contribution in [2.24, 2.45) is 0 Å². The monoisotopic (exact) mass is 306 g/mol. The minimum Gasteiger partial charge on any atom is -0.392 e. The molecule has 1 aromatic carbocycles. The van der Waals surface area contributed by atoms with Crippen molar-refractivity contribution in [2.75, 3.05) is 18.9 Å². The highest BCUT2D eigenvalue weighted by Gasteiger charge is 2.35. The number of halogens is 4. The summed E-state index contributed by atoms with van der Waals surface area (Å²) in [6.45, 7) is 0.333. The molecule has 1 amide bonds. The van der Waals surface area contributed by atoms with Gasteiger partial charge >= 0.3 is 6.18 Å². The molecule has 116 valence electrons. The van der Waals surface area contributed by atoms with Gasteiger partial charge in [-0.05, 0) is 31.7 Å². The van der Waals surface area contributed by atoms with Gasteiger partial charge in [-0.15, -0.1) is 0 Å². The highest BCUT2D eigenvalue weighted by molar-refractivity contribution is 5.95. The smallest absolute Gasteiger partial charge is 0.392 e. The molecule has 2 unspecified atom stereocenters. The molecule has 4 nitrogen and oxygen atoms in total. The molecule has 0 spiro atoms. The predicted octanol–water partition coefficient (Wildman–Crippen LogP) is 1.85. The number of likely N-dealkylation sites (N-methyl/N-ethyl adjacent to an activating group) is 1. The van der Waals surface area contributed by atoms with Crippen molar-refractivity contribution < 1.29 is 27.5 Å². The largest absolute Gasteiger partial charge is 0.419 e. The van der Waals surface area contributed by atoms with E-state index in [0.29, 0.717) is 18.7 Å². The summed E-state index contributed by atoms with van der Waals surface area (Å²) in [5, 5.41) is 11.8. The Balaban J connectivity index is 2.10. The van der Waals surface area contributed by atoms with E-state index in [9.17, 15) is 27.5 Å². The number of aliphatic hydroxyl groups is 1. The second-order valence-corrected chi connectivity index (χ2v) is 5.03. The maximum atomic E-state index is 13.4. The highest BCUT2D eigenvalue weighted by atomic mass is 19.4. The third-order valence-corrected chi connectivity index (χ3v) is 3.37. The van der Waals surface area contributed by atoms with Crippen LogP contribution in [0.2, 0.25) is 0 Å². The van der Waals surface area contributed by atoms with E-state index in [1.807, 2.05) is 0 Å². The van der Waals surface area contributed by atoms with E-state index < -0.39 is 35.6 Å². The Labute approximate surface area is 118 Å². The summed E-state index contributed by atoms with van der Waals surface area (Å²) in [5.41, 5.74) is -1.44. The van der Waals surface area contributed by atoms with Crippen LogP contribution in [0.25, 0.3) is 0 Å². The maximum Gasteiger partial charge on any atom is 0.419 e. The first-order valence-electron chi connectivity index (χ1n) is 6.24. The minimum absolute atomic E-state index is 0.0553. The summed E-state index contributed by atoms with van der Waals surface area (Å²) in [7, 11) is 1.65. The Morgan fingerprint density at radius 2 is 2.10 bits per heavy atom. The van der Waals surface area contributed by atoms with Crippen LogP contribution in [0.5, 0.6) is 0 Å². The molecule has 1 aromatic rings. The molecule has 0 radical (unpaired) electrons. The van der Waals surface area contributed by atoms with Crippen molar-refractivity contribution in [2.45, 2.75) is 24.7 Å². The molecule has 8 heteroatoms. The number of carbonyl (C=O) groups excluding carboxylic acids is 1. The van der Waals surface area contributed by atoms with Gasteiger partial charge in [0.25, 0.3) is 0 Å². The van der Waals surface area contributed by atoms with E-state index in [1.165, 1.54) is 0 Å². The summed E-state index contributed by atoms with van der Waals surface area (Å²) in [4.78, 5) is 13.6. The molecule has 1 heterocycles. The second kappa shape index (κ2) is 5.61. The summed E-state index contributed by atoms with van der Waals surface area (Å²) in [6, 6.07) is 1.62. The number of nitrogens with zero attached hydrogens (tertiary/aromatic N) is 1. The van der Waals surface area contributed by atoms with Crippen LogP contribution in [0.4, 0.5) is 23.2 Å². The first-order valence-corrected chi connectivity index (χ1v) is 6.24. The fourth-order valence-electron chi connectivity index (χ4n) is 2.33. The van der Waals surface area contributed by atoms with Gasteiger partial charge in [0.15, 0.2) is 0 Å². The molecule has 1 aliphatic rings. The lowest BCUT2D eigenvalue weighted by atomic mass is 10.1.